The predicted molar refractivity (Wildman–Crippen MR) is 127 cm³/mol. The van der Waals surface area contributed by atoms with Gasteiger partial charge in [0.15, 0.2) is 6.61 Å². The number of ether oxygens (including phenoxy) is 3. The molecule has 0 aromatic heterocycles. The van der Waals surface area contributed by atoms with E-state index in [9.17, 15) is 14.4 Å². The maximum Gasteiger partial charge on any atom is 0.349 e. The number of nitrogens with two attached hydrogens (primary N) is 1. The fraction of sp³-hybridized carbons (Fsp3) is 0.0714. The van der Waals surface area contributed by atoms with E-state index in [1.807, 2.05) is 42.5 Å². The van der Waals surface area contributed by atoms with Crippen molar-refractivity contribution in [2.24, 2.45) is 5.73 Å². The van der Waals surface area contributed by atoms with Crippen LogP contribution in [0.1, 0.15) is 17.0 Å². The molecule has 1 unspecified atom stereocenters. The number of allylic oxidation sites excluding steroid dienone is 1. The number of carbonyl (C=O) groups excluding carboxylic acids is 1. The largest absolute Gasteiger partial charge is 0.482 e. The Morgan fingerprint density at radius 3 is 2.51 bits per heavy atom. The number of hydrogen-bond acceptors (Lipinski definition) is 6. The van der Waals surface area contributed by atoms with Gasteiger partial charge >= 0.3 is 5.97 Å². The summed E-state index contributed by atoms with van der Waals surface area (Å²) in [5.74, 6) is -0.509. The third kappa shape index (κ3) is 4.37. The van der Waals surface area contributed by atoms with Crippen LogP contribution in [0, 0.1) is 17.1 Å². The highest BCUT2D eigenvalue weighted by Gasteiger charge is 2.32. The van der Waals surface area contributed by atoms with E-state index in [1.54, 1.807) is 18.2 Å². The average Bonchev–Trinajstić information content (AvgIpc) is 2.87. The number of rotatable bonds is 5. The third-order valence-electron chi connectivity index (χ3n) is 5.73. The molecule has 1 aliphatic heterocycles. The van der Waals surface area contributed by atoms with Crippen LogP contribution in [0.5, 0.6) is 17.2 Å². The van der Waals surface area contributed by atoms with Crippen LogP contribution in [0.2, 0.25) is 0 Å². The lowest BCUT2D eigenvalue weighted by Crippen LogP contribution is -2.22. The van der Waals surface area contributed by atoms with E-state index in [0.717, 1.165) is 21.9 Å². The molecular weight excluding hydrogens is 447 g/mol. The van der Waals surface area contributed by atoms with E-state index in [1.165, 1.54) is 24.3 Å². The summed E-state index contributed by atoms with van der Waals surface area (Å²) >= 11 is 0. The Kier molecular flexibility index (Phi) is 5.78. The molecule has 172 valence electrons. The minimum absolute atomic E-state index is 0.000976. The lowest BCUT2D eigenvalue weighted by atomic mass is 9.81. The molecule has 4 aromatic carbocycles. The van der Waals surface area contributed by atoms with Crippen LogP contribution in [-0.2, 0) is 4.79 Å². The highest BCUT2D eigenvalue weighted by Crippen LogP contribution is 2.45. The zero-order chi connectivity index (χ0) is 24.4. The van der Waals surface area contributed by atoms with Gasteiger partial charge in [0.1, 0.15) is 34.7 Å². The first-order valence-corrected chi connectivity index (χ1v) is 10.8. The molecule has 7 heteroatoms. The van der Waals surface area contributed by atoms with Crippen molar-refractivity contribution in [3.8, 4) is 23.3 Å². The first-order chi connectivity index (χ1) is 17.0. The minimum atomic E-state index is -0.642. The van der Waals surface area contributed by atoms with Crippen molar-refractivity contribution in [3.63, 3.8) is 0 Å². The maximum atomic E-state index is 13.0. The molecule has 1 aliphatic rings. The molecule has 0 saturated carbocycles. The van der Waals surface area contributed by atoms with Gasteiger partial charge in [-0.3, -0.25) is 0 Å². The fourth-order valence-electron chi connectivity index (χ4n) is 4.16. The Labute approximate surface area is 200 Å². The number of esters is 1. The molecule has 0 bridgehead atoms. The van der Waals surface area contributed by atoms with Crippen LogP contribution < -0.4 is 19.9 Å². The van der Waals surface area contributed by atoms with Crippen molar-refractivity contribution in [2.75, 3.05) is 6.61 Å². The smallest absolute Gasteiger partial charge is 0.349 e. The van der Waals surface area contributed by atoms with Crippen molar-refractivity contribution in [2.45, 2.75) is 5.92 Å². The third-order valence-corrected chi connectivity index (χ3v) is 5.73. The Balaban J connectivity index is 1.43. The van der Waals surface area contributed by atoms with Gasteiger partial charge in [0.2, 0.25) is 5.88 Å². The molecule has 1 heterocycles. The topological polar surface area (TPSA) is 94.6 Å². The summed E-state index contributed by atoms with van der Waals surface area (Å²) in [5.41, 5.74) is 8.09. The number of halogens is 1. The molecule has 6 nitrogen and oxygen atoms in total. The Hall–Kier alpha value is -4.83. The van der Waals surface area contributed by atoms with E-state index < -0.39 is 17.7 Å². The first kappa shape index (κ1) is 22.0. The van der Waals surface area contributed by atoms with Crippen LogP contribution in [0.3, 0.4) is 0 Å². The molecule has 0 amide bonds. The van der Waals surface area contributed by atoms with Gasteiger partial charge < -0.3 is 19.9 Å². The molecule has 0 fully saturated rings. The second kappa shape index (κ2) is 9.20. The highest BCUT2D eigenvalue weighted by molar-refractivity contribution is 5.87. The van der Waals surface area contributed by atoms with Crippen molar-refractivity contribution >= 4 is 16.7 Å². The summed E-state index contributed by atoms with van der Waals surface area (Å²) in [6.45, 7) is -0.358. The molecule has 0 radical (unpaired) electrons. The van der Waals surface area contributed by atoms with Crippen molar-refractivity contribution in [1.29, 1.82) is 5.26 Å². The summed E-state index contributed by atoms with van der Waals surface area (Å²) in [6, 6.07) is 26.3. The van der Waals surface area contributed by atoms with Gasteiger partial charge in [-0.05, 0) is 46.7 Å². The summed E-state index contributed by atoms with van der Waals surface area (Å²) in [6.07, 6.45) is 0. The molecule has 0 aliphatic carbocycles. The van der Waals surface area contributed by atoms with E-state index in [0.29, 0.717) is 17.1 Å². The molecule has 35 heavy (non-hydrogen) atoms. The molecule has 0 spiro atoms. The van der Waals surface area contributed by atoms with Gasteiger partial charge in [-0.15, -0.1) is 0 Å². The van der Waals surface area contributed by atoms with E-state index >= 15 is 0 Å². The quantitative estimate of drug-likeness (QED) is 0.322. The number of carbonyl (C=O) groups is 1. The molecule has 2 N–H and O–H groups in total. The zero-order valence-electron chi connectivity index (χ0n) is 18.4. The van der Waals surface area contributed by atoms with E-state index in [-0.39, 0.29) is 18.2 Å². The van der Waals surface area contributed by atoms with Crippen molar-refractivity contribution in [3.05, 3.63) is 113 Å². The highest BCUT2D eigenvalue weighted by atomic mass is 19.1. The second-order valence-corrected chi connectivity index (χ2v) is 7.91. The molecule has 4 aromatic rings. The maximum absolute atomic E-state index is 13.0. The molecule has 0 saturated heterocycles. The lowest BCUT2D eigenvalue weighted by molar-refractivity contribution is -0.136. The van der Waals surface area contributed by atoms with Crippen molar-refractivity contribution < 1.29 is 23.4 Å². The van der Waals surface area contributed by atoms with Crippen LogP contribution in [0.15, 0.2) is 96.4 Å². The van der Waals surface area contributed by atoms with E-state index in [4.69, 9.17) is 19.9 Å². The summed E-state index contributed by atoms with van der Waals surface area (Å²) in [4.78, 5) is 12.3. The number of nitrogens with zero attached hydrogens (tertiary/aromatic N) is 1. The summed E-state index contributed by atoms with van der Waals surface area (Å²) in [5, 5.41) is 11.9. The molecular formula is C28H19FN2O4. The summed E-state index contributed by atoms with van der Waals surface area (Å²) in [7, 11) is 0. The Morgan fingerprint density at radius 1 is 0.971 bits per heavy atom. The first-order valence-electron chi connectivity index (χ1n) is 10.8. The van der Waals surface area contributed by atoms with Gasteiger partial charge in [0, 0.05) is 11.6 Å². The van der Waals surface area contributed by atoms with Gasteiger partial charge in [-0.2, -0.15) is 5.26 Å². The SMILES string of the molecule is N#CC1=C(N)Oc2cc(OC(=O)COc3ccc(F)cc3)ccc2C1c1cccc2ccccc12. The zero-order valence-corrected chi connectivity index (χ0v) is 18.4. The monoisotopic (exact) mass is 466 g/mol. The normalized spacial score (nSPS) is 14.6. The number of nitriles is 1. The standard InChI is InChI=1S/C28H19FN2O4/c29-18-8-10-19(11-9-18)33-16-26(32)34-20-12-13-23-25(14-20)35-28(31)24(15-30)27(23)22-7-3-5-17-4-1-2-6-21(17)22/h1-14,27H,16,31H2. The van der Waals surface area contributed by atoms with Gasteiger partial charge in [0.05, 0.1) is 5.92 Å². The predicted octanol–water partition coefficient (Wildman–Crippen LogP) is 5.18. The fourth-order valence-corrected chi connectivity index (χ4v) is 4.16. The van der Waals surface area contributed by atoms with Crippen LogP contribution in [0.4, 0.5) is 4.39 Å². The van der Waals surface area contributed by atoms with Gasteiger partial charge in [0.25, 0.3) is 0 Å². The van der Waals surface area contributed by atoms with Gasteiger partial charge in [-0.25, -0.2) is 9.18 Å². The molecule has 5 rings (SSSR count). The summed E-state index contributed by atoms with van der Waals surface area (Å²) < 4.78 is 29.5. The minimum Gasteiger partial charge on any atom is -0.482 e. The number of hydrogen-bond donors (Lipinski definition) is 1. The average molecular weight is 466 g/mol. The number of benzene rings is 4. The van der Waals surface area contributed by atoms with Crippen LogP contribution in [-0.4, -0.2) is 12.6 Å². The molecule has 1 atom stereocenters. The lowest BCUT2D eigenvalue weighted by Gasteiger charge is -2.27. The van der Waals surface area contributed by atoms with E-state index in [2.05, 4.69) is 6.07 Å². The second-order valence-electron chi connectivity index (χ2n) is 7.91. The van der Waals surface area contributed by atoms with Gasteiger partial charge in [-0.1, -0.05) is 48.5 Å². The Morgan fingerprint density at radius 2 is 1.71 bits per heavy atom. The van der Waals surface area contributed by atoms with Crippen LogP contribution >= 0.6 is 0 Å². The van der Waals surface area contributed by atoms with Crippen LogP contribution in [0.25, 0.3) is 10.8 Å². The van der Waals surface area contributed by atoms with Crippen molar-refractivity contribution in [1.82, 2.24) is 0 Å². The Bertz CT molecular complexity index is 1500. The number of fused-ring (bicyclic) bond motifs is 2.